The zero-order chi connectivity index (χ0) is 12.4. The first-order valence-electron chi connectivity index (χ1n) is 5.57. The van der Waals surface area contributed by atoms with Gasteiger partial charge in [-0.3, -0.25) is 0 Å². The minimum absolute atomic E-state index is 0.757. The molecule has 0 atom stereocenters. The number of nitrogens with one attached hydrogen (secondary N) is 1. The summed E-state index contributed by atoms with van der Waals surface area (Å²) in [6.07, 6.45) is 5.52. The maximum atomic E-state index is 6.12. The Morgan fingerprint density at radius 2 is 2.33 bits per heavy atom. The van der Waals surface area contributed by atoms with Gasteiger partial charge in [0, 0.05) is 25.5 Å². The summed E-state index contributed by atoms with van der Waals surface area (Å²) in [5, 5.41) is 4.96. The lowest BCUT2D eigenvalue weighted by molar-refractivity contribution is 0.726. The fraction of sp³-hybridized carbons (Fsp3) is 0.167. The molecule has 92 valence electrons. The number of aromatic nitrogens is 3. The van der Waals surface area contributed by atoms with Crippen molar-refractivity contribution in [2.75, 3.05) is 11.9 Å². The molecule has 0 bridgehead atoms. The number of fused-ring (bicyclic) bond motifs is 1. The van der Waals surface area contributed by atoms with Gasteiger partial charge in [-0.05, 0) is 12.1 Å². The number of thiazole rings is 1. The molecule has 0 saturated heterocycles. The van der Waals surface area contributed by atoms with E-state index >= 15 is 0 Å². The summed E-state index contributed by atoms with van der Waals surface area (Å²) >= 11 is 7.70. The van der Waals surface area contributed by atoms with Crippen LogP contribution >= 0.6 is 22.9 Å². The van der Waals surface area contributed by atoms with E-state index in [-0.39, 0.29) is 0 Å². The smallest absolute Gasteiger partial charge is 0.183 e. The third kappa shape index (κ3) is 2.32. The molecule has 0 fully saturated rings. The van der Waals surface area contributed by atoms with E-state index in [4.69, 9.17) is 11.6 Å². The predicted octanol–water partition coefficient (Wildman–Crippen LogP) is 3.26. The van der Waals surface area contributed by atoms with E-state index in [1.807, 2.05) is 29.0 Å². The summed E-state index contributed by atoms with van der Waals surface area (Å²) in [7, 11) is 0. The van der Waals surface area contributed by atoms with Crippen molar-refractivity contribution in [2.45, 2.75) is 6.54 Å². The molecular weight excluding hydrogens is 268 g/mol. The Bertz CT molecular complexity index is 647. The van der Waals surface area contributed by atoms with Crippen molar-refractivity contribution >= 4 is 38.3 Å². The Morgan fingerprint density at radius 3 is 3.11 bits per heavy atom. The largest absolute Gasteiger partial charge is 0.360 e. The van der Waals surface area contributed by atoms with Gasteiger partial charge in [-0.15, -0.1) is 0 Å². The molecule has 0 radical (unpaired) electrons. The molecule has 18 heavy (non-hydrogen) atoms. The molecule has 6 heteroatoms. The third-order valence-corrected chi connectivity index (χ3v) is 4.06. The highest BCUT2D eigenvalue weighted by molar-refractivity contribution is 7.22. The van der Waals surface area contributed by atoms with Crippen LogP contribution < -0.4 is 5.32 Å². The summed E-state index contributed by atoms with van der Waals surface area (Å²) in [6.45, 7) is 1.68. The molecule has 0 saturated carbocycles. The Kier molecular flexibility index (Phi) is 3.17. The van der Waals surface area contributed by atoms with Gasteiger partial charge in [-0.25, -0.2) is 9.97 Å². The van der Waals surface area contributed by atoms with Crippen LogP contribution in [0, 0.1) is 0 Å². The van der Waals surface area contributed by atoms with Crippen LogP contribution in [-0.2, 0) is 6.54 Å². The lowest BCUT2D eigenvalue weighted by Gasteiger charge is -2.02. The van der Waals surface area contributed by atoms with Crippen molar-refractivity contribution in [1.82, 2.24) is 14.5 Å². The van der Waals surface area contributed by atoms with E-state index in [0.29, 0.717) is 0 Å². The molecular formula is C12H11ClN4S. The lowest BCUT2D eigenvalue weighted by Crippen LogP contribution is -2.08. The number of hydrogen-bond acceptors (Lipinski definition) is 4. The second kappa shape index (κ2) is 4.96. The van der Waals surface area contributed by atoms with Crippen LogP contribution in [0.15, 0.2) is 36.9 Å². The minimum atomic E-state index is 0.757. The van der Waals surface area contributed by atoms with Crippen LogP contribution in [0.2, 0.25) is 5.02 Å². The SMILES string of the molecule is Clc1cccc2nc(NCCn3ccnc3)sc12. The average molecular weight is 279 g/mol. The molecule has 0 spiro atoms. The molecule has 0 aliphatic rings. The van der Waals surface area contributed by atoms with Crippen molar-refractivity contribution in [3.8, 4) is 0 Å². The first-order valence-corrected chi connectivity index (χ1v) is 6.77. The molecule has 0 aliphatic heterocycles. The van der Waals surface area contributed by atoms with Gasteiger partial charge in [0.25, 0.3) is 0 Å². The van der Waals surface area contributed by atoms with Gasteiger partial charge >= 0.3 is 0 Å². The summed E-state index contributed by atoms with van der Waals surface area (Å²) in [4.78, 5) is 8.49. The number of rotatable bonds is 4. The van der Waals surface area contributed by atoms with E-state index < -0.39 is 0 Å². The number of imidazole rings is 1. The number of benzene rings is 1. The molecule has 2 heterocycles. The number of anilines is 1. The van der Waals surface area contributed by atoms with Crippen LogP contribution in [0.4, 0.5) is 5.13 Å². The first-order chi connectivity index (χ1) is 8.83. The van der Waals surface area contributed by atoms with Gasteiger partial charge in [0.2, 0.25) is 0 Å². The van der Waals surface area contributed by atoms with Crippen LogP contribution in [0.5, 0.6) is 0 Å². The summed E-state index contributed by atoms with van der Waals surface area (Å²) in [5.41, 5.74) is 0.942. The molecule has 1 aromatic carbocycles. The monoisotopic (exact) mass is 278 g/mol. The normalized spacial score (nSPS) is 10.9. The predicted molar refractivity (Wildman–Crippen MR) is 75.3 cm³/mol. The molecule has 2 aromatic heterocycles. The molecule has 3 aromatic rings. The minimum Gasteiger partial charge on any atom is -0.360 e. The fourth-order valence-corrected chi connectivity index (χ4v) is 2.88. The Balaban J connectivity index is 1.69. The van der Waals surface area contributed by atoms with Gasteiger partial charge in [0.15, 0.2) is 5.13 Å². The Morgan fingerprint density at radius 1 is 1.39 bits per heavy atom. The Hall–Kier alpha value is -1.59. The maximum absolute atomic E-state index is 6.12. The molecule has 3 rings (SSSR count). The molecule has 0 aliphatic carbocycles. The van der Waals surface area contributed by atoms with Crippen LogP contribution in [0.3, 0.4) is 0 Å². The fourth-order valence-electron chi connectivity index (χ4n) is 1.70. The summed E-state index contributed by atoms with van der Waals surface area (Å²) in [6, 6.07) is 5.77. The standard InChI is InChI=1S/C12H11ClN4S/c13-9-2-1-3-10-11(9)18-12(16-10)15-5-7-17-6-4-14-8-17/h1-4,6,8H,5,7H2,(H,15,16). The van der Waals surface area contributed by atoms with Gasteiger partial charge in [0.1, 0.15) is 0 Å². The average Bonchev–Trinajstić information content (AvgIpc) is 2.98. The van der Waals surface area contributed by atoms with Gasteiger partial charge in [-0.1, -0.05) is 29.0 Å². The highest BCUT2D eigenvalue weighted by Gasteiger charge is 2.05. The topological polar surface area (TPSA) is 42.7 Å². The first kappa shape index (κ1) is 11.5. The Labute approximate surface area is 113 Å². The van der Waals surface area contributed by atoms with E-state index in [9.17, 15) is 0 Å². The second-order valence-electron chi connectivity index (χ2n) is 3.83. The number of halogens is 1. The van der Waals surface area contributed by atoms with E-state index in [0.717, 1.165) is 33.5 Å². The van der Waals surface area contributed by atoms with E-state index in [1.165, 1.54) is 0 Å². The van der Waals surface area contributed by atoms with Crippen molar-refractivity contribution in [3.63, 3.8) is 0 Å². The van der Waals surface area contributed by atoms with Gasteiger partial charge in [0.05, 0.1) is 21.6 Å². The van der Waals surface area contributed by atoms with Crippen molar-refractivity contribution in [3.05, 3.63) is 41.9 Å². The van der Waals surface area contributed by atoms with E-state index in [2.05, 4.69) is 15.3 Å². The number of nitrogens with zero attached hydrogens (tertiary/aromatic N) is 3. The van der Waals surface area contributed by atoms with Crippen molar-refractivity contribution in [2.24, 2.45) is 0 Å². The summed E-state index contributed by atoms with van der Waals surface area (Å²) in [5.74, 6) is 0. The van der Waals surface area contributed by atoms with Crippen LogP contribution in [0.1, 0.15) is 0 Å². The van der Waals surface area contributed by atoms with E-state index in [1.54, 1.807) is 23.9 Å². The molecule has 4 nitrogen and oxygen atoms in total. The highest BCUT2D eigenvalue weighted by atomic mass is 35.5. The molecule has 0 amide bonds. The third-order valence-electron chi connectivity index (χ3n) is 2.57. The van der Waals surface area contributed by atoms with Crippen molar-refractivity contribution in [1.29, 1.82) is 0 Å². The quantitative estimate of drug-likeness (QED) is 0.796. The zero-order valence-corrected chi connectivity index (χ0v) is 11.1. The van der Waals surface area contributed by atoms with Crippen molar-refractivity contribution < 1.29 is 0 Å². The molecule has 1 N–H and O–H groups in total. The zero-order valence-electron chi connectivity index (χ0n) is 9.51. The maximum Gasteiger partial charge on any atom is 0.183 e. The van der Waals surface area contributed by atoms with Gasteiger partial charge < -0.3 is 9.88 Å². The lowest BCUT2D eigenvalue weighted by atomic mass is 10.3. The van der Waals surface area contributed by atoms with Gasteiger partial charge in [-0.2, -0.15) is 0 Å². The second-order valence-corrected chi connectivity index (χ2v) is 5.24. The molecule has 0 unspecified atom stereocenters. The van der Waals surface area contributed by atoms with Crippen LogP contribution in [-0.4, -0.2) is 21.1 Å². The number of hydrogen-bond donors (Lipinski definition) is 1. The van der Waals surface area contributed by atoms with Crippen LogP contribution in [0.25, 0.3) is 10.2 Å². The summed E-state index contributed by atoms with van der Waals surface area (Å²) < 4.78 is 3.05. The highest BCUT2D eigenvalue weighted by Crippen LogP contribution is 2.31.